The Labute approximate surface area is 178 Å². The van der Waals surface area contributed by atoms with Gasteiger partial charge in [-0.1, -0.05) is 18.2 Å². The van der Waals surface area contributed by atoms with E-state index in [4.69, 9.17) is 0 Å². The van der Waals surface area contributed by atoms with Gasteiger partial charge in [0.2, 0.25) is 17.8 Å². The van der Waals surface area contributed by atoms with Crippen LogP contribution >= 0.6 is 0 Å². The predicted molar refractivity (Wildman–Crippen MR) is 113 cm³/mol. The normalized spacial score (nSPS) is 16.1. The third-order valence-corrected chi connectivity index (χ3v) is 5.55. The SMILES string of the molecule is CC(=O)NC1CN(C(=O)c2ccc(-c3cccc4nc(NC(=O)C5CC5)nn34)cc2)C1. The smallest absolute Gasteiger partial charge is 0.253 e. The van der Waals surface area contributed by atoms with E-state index in [2.05, 4.69) is 20.7 Å². The first-order valence-electron chi connectivity index (χ1n) is 10.3. The van der Waals surface area contributed by atoms with Gasteiger partial charge in [0.25, 0.3) is 5.91 Å². The Hall–Kier alpha value is -3.75. The van der Waals surface area contributed by atoms with E-state index in [0.29, 0.717) is 30.2 Å². The van der Waals surface area contributed by atoms with Crippen LogP contribution in [0.4, 0.5) is 5.95 Å². The number of anilines is 1. The van der Waals surface area contributed by atoms with E-state index >= 15 is 0 Å². The molecule has 1 aliphatic heterocycles. The van der Waals surface area contributed by atoms with Crippen LogP contribution in [0.2, 0.25) is 0 Å². The number of rotatable bonds is 5. The molecule has 3 amide bonds. The zero-order valence-electron chi connectivity index (χ0n) is 17.0. The van der Waals surface area contributed by atoms with Gasteiger partial charge in [-0.25, -0.2) is 4.52 Å². The fraction of sp³-hybridized carbons (Fsp3) is 0.318. The number of amides is 3. The summed E-state index contributed by atoms with van der Waals surface area (Å²) in [4.78, 5) is 41.8. The lowest BCUT2D eigenvalue weighted by Gasteiger charge is -2.39. The Bertz CT molecular complexity index is 1180. The summed E-state index contributed by atoms with van der Waals surface area (Å²) in [5.74, 6) is 0.196. The molecule has 9 nitrogen and oxygen atoms in total. The van der Waals surface area contributed by atoms with Crippen LogP contribution in [0.25, 0.3) is 16.9 Å². The largest absolute Gasteiger partial charge is 0.350 e. The van der Waals surface area contributed by atoms with Crippen LogP contribution in [0, 0.1) is 5.92 Å². The minimum Gasteiger partial charge on any atom is -0.350 e. The standard InChI is InChI=1S/C22H22N6O3/c1-13(29)23-17-11-27(12-17)21(31)16-9-5-14(6-10-16)18-3-2-4-19-24-22(26-28(18)19)25-20(30)15-7-8-15/h2-6,9-10,15,17H,7-8,11-12H2,1H3,(H,23,29)(H,25,26,30). The molecule has 0 unspecified atom stereocenters. The number of benzene rings is 1. The highest BCUT2D eigenvalue weighted by Crippen LogP contribution is 2.30. The van der Waals surface area contributed by atoms with Crippen molar-refractivity contribution in [3.05, 3.63) is 48.0 Å². The molecule has 9 heteroatoms. The molecule has 2 aliphatic rings. The van der Waals surface area contributed by atoms with Gasteiger partial charge >= 0.3 is 0 Å². The van der Waals surface area contributed by atoms with Crippen LogP contribution in [0.5, 0.6) is 0 Å². The summed E-state index contributed by atoms with van der Waals surface area (Å²) in [7, 11) is 0. The van der Waals surface area contributed by atoms with Gasteiger partial charge in [0, 0.05) is 37.1 Å². The number of nitrogens with zero attached hydrogens (tertiary/aromatic N) is 4. The van der Waals surface area contributed by atoms with Crippen molar-refractivity contribution in [2.45, 2.75) is 25.8 Å². The Morgan fingerprint density at radius 2 is 1.77 bits per heavy atom. The van der Waals surface area contributed by atoms with E-state index < -0.39 is 0 Å². The lowest BCUT2D eigenvalue weighted by molar-refractivity contribution is -0.120. The van der Waals surface area contributed by atoms with Crippen LogP contribution < -0.4 is 10.6 Å². The molecule has 2 fully saturated rings. The van der Waals surface area contributed by atoms with Crippen LogP contribution in [-0.4, -0.2) is 56.4 Å². The number of aromatic nitrogens is 3. The van der Waals surface area contributed by atoms with Crippen molar-refractivity contribution >= 4 is 29.3 Å². The molecule has 3 aromatic rings. The van der Waals surface area contributed by atoms with Gasteiger partial charge in [-0.05, 0) is 37.1 Å². The number of pyridine rings is 1. The highest BCUT2D eigenvalue weighted by molar-refractivity contribution is 5.95. The molecule has 2 aromatic heterocycles. The summed E-state index contributed by atoms with van der Waals surface area (Å²) in [6.07, 6.45) is 1.84. The van der Waals surface area contributed by atoms with Crippen molar-refractivity contribution < 1.29 is 14.4 Å². The first kappa shape index (κ1) is 19.2. The van der Waals surface area contributed by atoms with Gasteiger partial charge < -0.3 is 10.2 Å². The van der Waals surface area contributed by atoms with Crippen LogP contribution in [0.15, 0.2) is 42.5 Å². The number of carbonyl (C=O) groups excluding carboxylic acids is 3. The summed E-state index contributed by atoms with van der Waals surface area (Å²) in [5.41, 5.74) is 2.92. The third-order valence-electron chi connectivity index (χ3n) is 5.55. The maximum Gasteiger partial charge on any atom is 0.253 e. The van der Waals surface area contributed by atoms with E-state index in [9.17, 15) is 14.4 Å². The highest BCUT2D eigenvalue weighted by Gasteiger charge is 2.32. The van der Waals surface area contributed by atoms with Gasteiger partial charge in [-0.3, -0.25) is 19.7 Å². The molecule has 5 rings (SSSR count). The van der Waals surface area contributed by atoms with Crippen molar-refractivity contribution in [3.63, 3.8) is 0 Å². The van der Waals surface area contributed by atoms with E-state index in [1.54, 1.807) is 21.5 Å². The summed E-state index contributed by atoms with van der Waals surface area (Å²) in [6, 6.07) is 13.0. The molecule has 0 spiro atoms. The maximum atomic E-state index is 12.6. The van der Waals surface area contributed by atoms with Crippen LogP contribution in [0.1, 0.15) is 30.1 Å². The van der Waals surface area contributed by atoms with E-state index in [1.807, 2.05) is 30.3 Å². The fourth-order valence-corrected chi connectivity index (χ4v) is 3.72. The number of nitrogens with one attached hydrogen (secondary N) is 2. The van der Waals surface area contributed by atoms with Crippen molar-refractivity contribution in [2.24, 2.45) is 5.92 Å². The van der Waals surface area contributed by atoms with E-state index in [1.165, 1.54) is 6.92 Å². The first-order valence-corrected chi connectivity index (χ1v) is 10.3. The molecule has 0 bridgehead atoms. The molecule has 1 saturated carbocycles. The van der Waals surface area contributed by atoms with E-state index in [-0.39, 0.29) is 29.7 Å². The van der Waals surface area contributed by atoms with Crippen LogP contribution in [0.3, 0.4) is 0 Å². The zero-order valence-corrected chi connectivity index (χ0v) is 17.0. The Kier molecular flexibility index (Phi) is 4.65. The number of hydrogen-bond donors (Lipinski definition) is 2. The van der Waals surface area contributed by atoms with Crippen molar-refractivity contribution in [3.8, 4) is 11.3 Å². The predicted octanol–water partition coefficient (Wildman–Crippen LogP) is 1.71. The molecule has 1 aromatic carbocycles. The Morgan fingerprint density at radius 1 is 1.03 bits per heavy atom. The second-order valence-corrected chi connectivity index (χ2v) is 8.06. The number of carbonyl (C=O) groups is 3. The molecular formula is C22H22N6O3. The number of hydrogen-bond acceptors (Lipinski definition) is 5. The lowest BCUT2D eigenvalue weighted by atomic mass is 10.0. The van der Waals surface area contributed by atoms with Crippen molar-refractivity contribution in [1.82, 2.24) is 24.8 Å². The number of fused-ring (bicyclic) bond motifs is 1. The summed E-state index contributed by atoms with van der Waals surface area (Å²) in [5, 5.41) is 10.0. The summed E-state index contributed by atoms with van der Waals surface area (Å²) < 4.78 is 1.69. The summed E-state index contributed by atoms with van der Waals surface area (Å²) in [6.45, 7) is 2.52. The minimum atomic E-state index is -0.0843. The second-order valence-electron chi connectivity index (χ2n) is 8.06. The molecule has 0 atom stereocenters. The molecule has 1 aliphatic carbocycles. The van der Waals surface area contributed by atoms with Crippen LogP contribution in [-0.2, 0) is 9.59 Å². The zero-order chi connectivity index (χ0) is 21.5. The van der Waals surface area contributed by atoms with Gasteiger partial charge in [-0.2, -0.15) is 4.98 Å². The van der Waals surface area contributed by atoms with Gasteiger partial charge in [0.15, 0.2) is 5.65 Å². The summed E-state index contributed by atoms with van der Waals surface area (Å²) >= 11 is 0. The minimum absolute atomic E-state index is 0.0280. The highest BCUT2D eigenvalue weighted by atomic mass is 16.2. The average Bonchev–Trinajstić information content (AvgIpc) is 3.50. The molecular weight excluding hydrogens is 396 g/mol. The molecule has 158 valence electrons. The number of likely N-dealkylation sites (tertiary alicyclic amines) is 1. The lowest BCUT2D eigenvalue weighted by Crippen LogP contribution is -2.60. The molecule has 2 N–H and O–H groups in total. The monoisotopic (exact) mass is 418 g/mol. The van der Waals surface area contributed by atoms with Gasteiger partial charge in [0.05, 0.1) is 11.7 Å². The van der Waals surface area contributed by atoms with Gasteiger partial charge in [-0.15, -0.1) is 5.10 Å². The van der Waals surface area contributed by atoms with Crippen molar-refractivity contribution in [1.29, 1.82) is 0 Å². The Balaban J connectivity index is 1.32. The molecule has 3 heterocycles. The molecule has 31 heavy (non-hydrogen) atoms. The average molecular weight is 418 g/mol. The Morgan fingerprint density at radius 3 is 2.45 bits per heavy atom. The third kappa shape index (κ3) is 3.86. The first-order chi connectivity index (χ1) is 15.0. The fourth-order valence-electron chi connectivity index (χ4n) is 3.72. The molecule has 0 radical (unpaired) electrons. The second kappa shape index (κ2) is 7.50. The van der Waals surface area contributed by atoms with Crippen molar-refractivity contribution in [2.75, 3.05) is 18.4 Å². The molecule has 1 saturated heterocycles. The topological polar surface area (TPSA) is 109 Å². The van der Waals surface area contributed by atoms with E-state index in [0.717, 1.165) is 24.1 Å². The van der Waals surface area contributed by atoms with Gasteiger partial charge in [0.1, 0.15) is 0 Å². The quantitative estimate of drug-likeness (QED) is 0.656. The maximum absolute atomic E-state index is 12.6.